The second-order valence-electron chi connectivity index (χ2n) is 5.44. The molecule has 6 heteroatoms. The van der Waals surface area contributed by atoms with Crippen LogP contribution < -0.4 is 5.73 Å². The van der Waals surface area contributed by atoms with E-state index in [1.807, 2.05) is 30.3 Å². The summed E-state index contributed by atoms with van der Waals surface area (Å²) in [5, 5.41) is 0.272. The first kappa shape index (κ1) is 18.4. The fraction of sp³-hybridized carbons (Fsp3) is 0.100. The summed E-state index contributed by atoms with van der Waals surface area (Å²) in [5.74, 6) is -0.841. The number of rotatable bonds is 5. The number of benzene rings is 2. The lowest BCUT2D eigenvalue weighted by Gasteiger charge is -2.08. The number of thiophene rings is 1. The summed E-state index contributed by atoms with van der Waals surface area (Å²) in [6.45, 7) is 1.92. The van der Waals surface area contributed by atoms with E-state index < -0.39 is 5.97 Å². The maximum absolute atomic E-state index is 13.2. The highest BCUT2D eigenvalue weighted by molar-refractivity contribution is 9.10. The Hall–Kier alpha value is -2.44. The lowest BCUT2D eigenvalue weighted by Crippen LogP contribution is -2.13. The number of halogens is 1. The van der Waals surface area contributed by atoms with E-state index in [0.717, 1.165) is 10.0 Å². The van der Waals surface area contributed by atoms with Crippen LogP contribution in [0.25, 0.3) is 10.4 Å². The largest absolute Gasteiger partial charge is 0.462 e. The van der Waals surface area contributed by atoms with Gasteiger partial charge in [-0.3, -0.25) is 4.79 Å². The highest BCUT2D eigenvalue weighted by atomic mass is 79.9. The summed E-state index contributed by atoms with van der Waals surface area (Å²) in [4.78, 5) is 26.4. The van der Waals surface area contributed by atoms with Crippen LogP contribution in [0.15, 0.2) is 59.1 Å². The first-order valence-corrected chi connectivity index (χ1v) is 9.59. The molecule has 26 heavy (non-hydrogen) atoms. The van der Waals surface area contributed by atoms with Gasteiger partial charge in [-0.05, 0) is 13.0 Å². The zero-order valence-electron chi connectivity index (χ0n) is 14.0. The summed E-state index contributed by atoms with van der Waals surface area (Å²) in [7, 11) is 0. The van der Waals surface area contributed by atoms with E-state index in [4.69, 9.17) is 10.5 Å². The van der Waals surface area contributed by atoms with E-state index in [-0.39, 0.29) is 28.5 Å². The van der Waals surface area contributed by atoms with Crippen LogP contribution in [-0.2, 0) is 4.74 Å². The van der Waals surface area contributed by atoms with Crippen LogP contribution in [-0.4, -0.2) is 18.4 Å². The van der Waals surface area contributed by atoms with Crippen molar-refractivity contribution in [2.45, 2.75) is 6.92 Å². The molecule has 0 spiro atoms. The molecule has 132 valence electrons. The van der Waals surface area contributed by atoms with Gasteiger partial charge in [-0.1, -0.05) is 64.5 Å². The van der Waals surface area contributed by atoms with Crippen LogP contribution in [0.5, 0.6) is 0 Å². The van der Waals surface area contributed by atoms with Gasteiger partial charge in [0.15, 0.2) is 5.78 Å². The number of hydrogen-bond acceptors (Lipinski definition) is 5. The molecule has 0 saturated carbocycles. The molecule has 3 rings (SSSR count). The molecule has 2 N–H and O–H groups in total. The normalized spacial score (nSPS) is 10.5. The van der Waals surface area contributed by atoms with Gasteiger partial charge in [0.2, 0.25) is 0 Å². The number of esters is 1. The molecule has 0 aliphatic carbocycles. The van der Waals surface area contributed by atoms with Gasteiger partial charge in [-0.2, -0.15) is 0 Å². The van der Waals surface area contributed by atoms with Crippen molar-refractivity contribution in [2.24, 2.45) is 0 Å². The zero-order chi connectivity index (χ0) is 18.7. The van der Waals surface area contributed by atoms with Gasteiger partial charge in [0.05, 0.1) is 12.2 Å². The Morgan fingerprint density at radius 3 is 2.35 bits per heavy atom. The number of nitrogen functional groups attached to an aromatic ring is 1. The van der Waals surface area contributed by atoms with E-state index >= 15 is 0 Å². The van der Waals surface area contributed by atoms with E-state index in [0.29, 0.717) is 10.4 Å². The van der Waals surface area contributed by atoms with Crippen LogP contribution in [0.2, 0.25) is 0 Å². The summed E-state index contributed by atoms with van der Waals surface area (Å²) in [5.41, 5.74) is 7.84. The number of carbonyl (C=O) groups is 2. The zero-order valence-corrected chi connectivity index (χ0v) is 16.4. The molecule has 0 radical (unpaired) electrons. The van der Waals surface area contributed by atoms with Crippen LogP contribution in [0.4, 0.5) is 5.00 Å². The number of carbonyl (C=O) groups excluding carboxylic acids is 2. The fourth-order valence-corrected chi connectivity index (χ4v) is 4.35. The average Bonchev–Trinajstić information content (AvgIpc) is 2.99. The van der Waals surface area contributed by atoms with Gasteiger partial charge < -0.3 is 10.5 Å². The first-order chi connectivity index (χ1) is 12.5. The molecule has 0 aliphatic heterocycles. The van der Waals surface area contributed by atoms with Crippen LogP contribution in [0.1, 0.15) is 33.2 Å². The molecular weight excluding hydrogens is 414 g/mol. The molecule has 2 aromatic carbocycles. The Kier molecular flexibility index (Phi) is 5.54. The Bertz CT molecular complexity index is 966. The van der Waals surface area contributed by atoms with Crippen molar-refractivity contribution in [3.05, 3.63) is 75.8 Å². The third kappa shape index (κ3) is 3.43. The second-order valence-corrected chi connectivity index (χ2v) is 7.35. The number of anilines is 1. The van der Waals surface area contributed by atoms with Gasteiger partial charge in [0.25, 0.3) is 0 Å². The minimum Gasteiger partial charge on any atom is -0.462 e. The smallest absolute Gasteiger partial charge is 0.341 e. The molecule has 0 amide bonds. The maximum atomic E-state index is 13.2. The lowest BCUT2D eigenvalue weighted by atomic mass is 9.97. The summed E-state index contributed by atoms with van der Waals surface area (Å²) >= 11 is 4.72. The third-order valence-corrected chi connectivity index (χ3v) is 5.54. The second kappa shape index (κ2) is 7.85. The van der Waals surface area contributed by atoms with E-state index in [9.17, 15) is 9.59 Å². The highest BCUT2D eigenvalue weighted by Gasteiger charge is 2.30. The monoisotopic (exact) mass is 429 g/mol. The van der Waals surface area contributed by atoms with Crippen molar-refractivity contribution in [1.29, 1.82) is 0 Å². The molecule has 0 aliphatic rings. The van der Waals surface area contributed by atoms with Crippen molar-refractivity contribution >= 4 is 44.0 Å². The molecule has 0 atom stereocenters. The van der Waals surface area contributed by atoms with Gasteiger partial charge in [-0.25, -0.2) is 4.79 Å². The molecular formula is C20H16BrNO3S. The van der Waals surface area contributed by atoms with E-state index in [1.54, 1.807) is 31.2 Å². The van der Waals surface area contributed by atoms with Crippen molar-refractivity contribution < 1.29 is 14.3 Å². The minimum atomic E-state index is -0.584. The first-order valence-electron chi connectivity index (χ1n) is 7.98. The van der Waals surface area contributed by atoms with Crippen LogP contribution in [0.3, 0.4) is 0 Å². The Balaban J connectivity index is 2.26. The van der Waals surface area contributed by atoms with Crippen molar-refractivity contribution in [2.75, 3.05) is 12.3 Å². The van der Waals surface area contributed by atoms with Crippen LogP contribution >= 0.6 is 27.3 Å². The molecule has 0 fully saturated rings. The summed E-state index contributed by atoms with van der Waals surface area (Å²) < 4.78 is 5.96. The molecule has 3 aromatic rings. The summed E-state index contributed by atoms with van der Waals surface area (Å²) in [6, 6.07) is 16.4. The topological polar surface area (TPSA) is 69.4 Å². The van der Waals surface area contributed by atoms with Gasteiger partial charge in [-0.15, -0.1) is 11.3 Å². The average molecular weight is 430 g/mol. The fourth-order valence-electron chi connectivity index (χ4n) is 2.64. The predicted octanol–water partition coefficient (Wildman–Crippen LogP) is 5.17. The molecule has 0 bridgehead atoms. The van der Waals surface area contributed by atoms with Gasteiger partial charge in [0.1, 0.15) is 10.6 Å². The molecule has 1 aromatic heterocycles. The minimum absolute atomic E-state index is 0.136. The van der Waals surface area contributed by atoms with Gasteiger partial charge >= 0.3 is 5.97 Å². The van der Waals surface area contributed by atoms with Crippen molar-refractivity contribution in [3.8, 4) is 10.4 Å². The maximum Gasteiger partial charge on any atom is 0.341 e. The van der Waals surface area contributed by atoms with Crippen molar-refractivity contribution in [1.82, 2.24) is 0 Å². The van der Waals surface area contributed by atoms with Gasteiger partial charge in [0, 0.05) is 20.5 Å². The number of ketones is 1. The number of ether oxygens (including phenoxy) is 1. The summed E-state index contributed by atoms with van der Waals surface area (Å²) in [6.07, 6.45) is 0. The Labute approximate surface area is 163 Å². The van der Waals surface area contributed by atoms with E-state index in [1.165, 1.54) is 11.3 Å². The standard InChI is InChI=1S/C20H16BrNO3S/c1-2-25-20(24)16-15(17(23)12-8-4-3-5-9-12)18(26-19(16)22)13-10-6-7-11-14(13)21/h3-11H,2,22H2,1H3. The van der Waals surface area contributed by atoms with Crippen molar-refractivity contribution in [3.63, 3.8) is 0 Å². The van der Waals surface area contributed by atoms with Crippen LogP contribution in [0, 0.1) is 0 Å². The SMILES string of the molecule is CCOC(=O)c1c(N)sc(-c2ccccc2Br)c1C(=O)c1ccccc1. The molecule has 1 heterocycles. The highest BCUT2D eigenvalue weighted by Crippen LogP contribution is 2.42. The molecule has 0 saturated heterocycles. The van der Waals surface area contributed by atoms with E-state index in [2.05, 4.69) is 15.9 Å². The molecule has 4 nitrogen and oxygen atoms in total. The number of nitrogens with two attached hydrogens (primary N) is 1. The number of hydrogen-bond donors (Lipinski definition) is 1. The Morgan fingerprint density at radius 2 is 1.69 bits per heavy atom. The lowest BCUT2D eigenvalue weighted by molar-refractivity contribution is 0.0525. The molecule has 0 unspecified atom stereocenters. The Morgan fingerprint density at radius 1 is 1.04 bits per heavy atom. The third-order valence-electron chi connectivity index (χ3n) is 3.80. The predicted molar refractivity (Wildman–Crippen MR) is 108 cm³/mol. The quantitative estimate of drug-likeness (QED) is 0.448.